The number of anilines is 1. The van der Waals surface area contributed by atoms with Crippen LogP contribution in [0.5, 0.6) is 0 Å². The minimum atomic E-state index is -0.130. The topological polar surface area (TPSA) is 32.3 Å². The van der Waals surface area contributed by atoms with Gasteiger partial charge in [0.1, 0.15) is 0 Å². The van der Waals surface area contributed by atoms with Gasteiger partial charge < -0.3 is 10.2 Å². The van der Waals surface area contributed by atoms with E-state index in [0.717, 1.165) is 12.8 Å². The number of halogens is 1. The molecule has 4 heteroatoms. The molecule has 0 aliphatic carbocycles. The third-order valence-electron chi connectivity index (χ3n) is 4.43. The molecule has 27 heavy (non-hydrogen) atoms. The molecular weight excluding hydrogens is 356 g/mol. The lowest BCUT2D eigenvalue weighted by atomic mass is 10.1. The van der Waals surface area contributed by atoms with Crippen LogP contribution in [0.1, 0.15) is 11.1 Å². The fourth-order valence-electron chi connectivity index (χ4n) is 2.89. The van der Waals surface area contributed by atoms with Gasteiger partial charge in [-0.25, -0.2) is 4.79 Å². The molecule has 0 aliphatic heterocycles. The molecule has 0 bridgehead atoms. The van der Waals surface area contributed by atoms with E-state index in [0.29, 0.717) is 23.8 Å². The van der Waals surface area contributed by atoms with Crippen molar-refractivity contribution in [1.29, 1.82) is 0 Å². The molecule has 0 aromatic heterocycles. The molecule has 0 saturated heterocycles. The van der Waals surface area contributed by atoms with Gasteiger partial charge in [-0.1, -0.05) is 84.4 Å². The maximum Gasteiger partial charge on any atom is 0.321 e. The molecule has 0 atom stereocenters. The van der Waals surface area contributed by atoms with E-state index in [1.807, 2.05) is 59.5 Å². The van der Waals surface area contributed by atoms with Gasteiger partial charge in [0.15, 0.2) is 0 Å². The Kier molecular flexibility index (Phi) is 6.89. The first-order chi connectivity index (χ1) is 13.2. The summed E-state index contributed by atoms with van der Waals surface area (Å²) >= 11 is 6.19. The zero-order valence-electron chi connectivity index (χ0n) is 15.1. The van der Waals surface area contributed by atoms with Gasteiger partial charge in [-0.15, -0.1) is 0 Å². The van der Waals surface area contributed by atoms with Gasteiger partial charge in [-0.05, 0) is 36.1 Å². The van der Waals surface area contributed by atoms with Gasteiger partial charge in [-0.2, -0.15) is 0 Å². The number of carbonyl (C=O) groups excluding carboxylic acids is 1. The normalized spacial score (nSPS) is 10.4. The highest BCUT2D eigenvalue weighted by molar-refractivity contribution is 6.33. The first kappa shape index (κ1) is 19.0. The van der Waals surface area contributed by atoms with Gasteiger partial charge in [0.25, 0.3) is 0 Å². The van der Waals surface area contributed by atoms with Crippen molar-refractivity contribution in [2.45, 2.75) is 12.8 Å². The minimum absolute atomic E-state index is 0.130. The average Bonchev–Trinajstić information content (AvgIpc) is 2.71. The number of para-hydroxylation sites is 1. The predicted octanol–water partition coefficient (Wildman–Crippen LogP) is 5.66. The number of hydrogen-bond acceptors (Lipinski definition) is 1. The van der Waals surface area contributed by atoms with E-state index < -0.39 is 0 Å². The molecule has 138 valence electrons. The van der Waals surface area contributed by atoms with Crippen LogP contribution in [0.3, 0.4) is 0 Å². The Labute approximate surface area is 165 Å². The number of rotatable bonds is 7. The summed E-state index contributed by atoms with van der Waals surface area (Å²) in [6, 6.07) is 27.6. The standard InChI is InChI=1S/C23H23ClN2O/c24-21-13-7-8-14-22(21)25-23(27)26(17-15-19-9-3-1-4-10-19)18-16-20-11-5-2-6-12-20/h1-14H,15-18H2,(H,25,27). The summed E-state index contributed by atoms with van der Waals surface area (Å²) in [5.74, 6) is 0. The number of amides is 2. The molecule has 3 aromatic rings. The summed E-state index contributed by atoms with van der Waals surface area (Å²) in [6.45, 7) is 1.29. The van der Waals surface area contributed by atoms with Crippen LogP contribution in [0.4, 0.5) is 10.5 Å². The SMILES string of the molecule is O=C(Nc1ccccc1Cl)N(CCc1ccccc1)CCc1ccccc1. The number of carbonyl (C=O) groups is 1. The Morgan fingerprint density at radius 1 is 0.741 bits per heavy atom. The molecule has 1 N–H and O–H groups in total. The predicted molar refractivity (Wildman–Crippen MR) is 112 cm³/mol. The molecule has 0 fully saturated rings. The molecule has 0 radical (unpaired) electrons. The molecule has 3 nitrogen and oxygen atoms in total. The summed E-state index contributed by atoms with van der Waals surface area (Å²) in [5.41, 5.74) is 3.06. The Morgan fingerprint density at radius 2 is 1.22 bits per heavy atom. The number of urea groups is 1. The van der Waals surface area contributed by atoms with E-state index in [2.05, 4.69) is 29.6 Å². The summed E-state index contributed by atoms with van der Waals surface area (Å²) in [6.07, 6.45) is 1.62. The maximum absolute atomic E-state index is 12.9. The highest BCUT2D eigenvalue weighted by atomic mass is 35.5. The molecule has 0 saturated carbocycles. The van der Waals surface area contributed by atoms with Gasteiger partial charge in [0, 0.05) is 13.1 Å². The third kappa shape index (κ3) is 5.87. The van der Waals surface area contributed by atoms with Gasteiger partial charge in [0.05, 0.1) is 10.7 Å². The molecule has 3 aromatic carbocycles. The zero-order valence-corrected chi connectivity index (χ0v) is 15.9. The van der Waals surface area contributed by atoms with Crippen molar-refractivity contribution in [1.82, 2.24) is 4.90 Å². The summed E-state index contributed by atoms with van der Waals surface area (Å²) in [4.78, 5) is 14.7. The van der Waals surface area contributed by atoms with Crippen LogP contribution in [-0.2, 0) is 12.8 Å². The summed E-state index contributed by atoms with van der Waals surface area (Å²) < 4.78 is 0. The Bertz CT molecular complexity index is 809. The van der Waals surface area contributed by atoms with Crippen LogP contribution < -0.4 is 5.32 Å². The largest absolute Gasteiger partial charge is 0.324 e. The second kappa shape index (κ2) is 9.79. The van der Waals surface area contributed by atoms with E-state index in [4.69, 9.17) is 11.6 Å². The van der Waals surface area contributed by atoms with Crippen molar-refractivity contribution in [2.75, 3.05) is 18.4 Å². The smallest absolute Gasteiger partial charge is 0.321 e. The fourth-order valence-corrected chi connectivity index (χ4v) is 3.07. The van der Waals surface area contributed by atoms with Crippen LogP contribution in [0.15, 0.2) is 84.9 Å². The molecular formula is C23H23ClN2O. The lowest BCUT2D eigenvalue weighted by Gasteiger charge is -2.23. The van der Waals surface area contributed by atoms with Crippen LogP contribution in [0, 0.1) is 0 Å². The highest BCUT2D eigenvalue weighted by Gasteiger charge is 2.15. The number of benzene rings is 3. The van der Waals surface area contributed by atoms with Crippen LogP contribution in [0.25, 0.3) is 0 Å². The number of hydrogen-bond donors (Lipinski definition) is 1. The van der Waals surface area contributed by atoms with Crippen molar-refractivity contribution >= 4 is 23.3 Å². The van der Waals surface area contributed by atoms with E-state index in [1.54, 1.807) is 6.07 Å². The first-order valence-electron chi connectivity index (χ1n) is 9.10. The van der Waals surface area contributed by atoms with E-state index in [9.17, 15) is 4.79 Å². The number of nitrogens with one attached hydrogen (secondary N) is 1. The van der Waals surface area contributed by atoms with Gasteiger partial charge in [0.2, 0.25) is 0 Å². The van der Waals surface area contributed by atoms with Gasteiger partial charge in [-0.3, -0.25) is 0 Å². The van der Waals surface area contributed by atoms with Gasteiger partial charge >= 0.3 is 6.03 Å². The zero-order chi connectivity index (χ0) is 18.9. The van der Waals surface area contributed by atoms with E-state index in [1.165, 1.54) is 11.1 Å². The highest BCUT2D eigenvalue weighted by Crippen LogP contribution is 2.21. The van der Waals surface area contributed by atoms with Crippen molar-refractivity contribution in [3.63, 3.8) is 0 Å². The van der Waals surface area contributed by atoms with E-state index in [-0.39, 0.29) is 6.03 Å². The molecule has 2 amide bonds. The lowest BCUT2D eigenvalue weighted by Crippen LogP contribution is -2.38. The molecule has 0 aliphatic rings. The number of nitrogens with zero attached hydrogens (tertiary/aromatic N) is 1. The van der Waals surface area contributed by atoms with Crippen molar-refractivity contribution in [3.8, 4) is 0 Å². The molecule has 3 rings (SSSR count). The Balaban J connectivity index is 1.67. The van der Waals surface area contributed by atoms with Crippen LogP contribution in [-0.4, -0.2) is 24.0 Å². The minimum Gasteiger partial charge on any atom is -0.324 e. The van der Waals surface area contributed by atoms with Crippen molar-refractivity contribution in [3.05, 3.63) is 101 Å². The fraction of sp³-hybridized carbons (Fsp3) is 0.174. The second-order valence-corrected chi connectivity index (χ2v) is 6.78. The van der Waals surface area contributed by atoms with Crippen molar-refractivity contribution < 1.29 is 4.79 Å². The Hall–Kier alpha value is -2.78. The molecule has 0 spiro atoms. The van der Waals surface area contributed by atoms with E-state index >= 15 is 0 Å². The Morgan fingerprint density at radius 3 is 1.74 bits per heavy atom. The first-order valence-corrected chi connectivity index (χ1v) is 9.48. The van der Waals surface area contributed by atoms with Crippen LogP contribution >= 0.6 is 11.6 Å². The maximum atomic E-state index is 12.9. The molecule has 0 unspecified atom stereocenters. The average molecular weight is 379 g/mol. The second-order valence-electron chi connectivity index (χ2n) is 6.37. The molecule has 0 heterocycles. The quantitative estimate of drug-likeness (QED) is 0.565. The van der Waals surface area contributed by atoms with Crippen LogP contribution in [0.2, 0.25) is 5.02 Å². The lowest BCUT2D eigenvalue weighted by molar-refractivity contribution is 0.213. The monoisotopic (exact) mass is 378 g/mol. The third-order valence-corrected chi connectivity index (χ3v) is 4.76. The van der Waals surface area contributed by atoms with Crippen molar-refractivity contribution in [2.24, 2.45) is 0 Å². The summed E-state index contributed by atoms with van der Waals surface area (Å²) in [5, 5.41) is 3.48. The summed E-state index contributed by atoms with van der Waals surface area (Å²) in [7, 11) is 0.